The fourth-order valence-electron chi connectivity index (χ4n) is 0.931. The molecule has 100 valence electrons. The number of aromatic nitrogens is 1. The molecule has 1 aromatic rings. The van der Waals surface area contributed by atoms with Gasteiger partial charge in [0, 0.05) is 5.38 Å². The molecular formula is C10H14N2O5S. The third kappa shape index (κ3) is 3.49. The van der Waals surface area contributed by atoms with E-state index in [1.165, 1.54) is 18.3 Å². The fraction of sp³-hybridized carbons (Fsp3) is 0.500. The zero-order valence-corrected chi connectivity index (χ0v) is 10.8. The first-order valence-electron chi connectivity index (χ1n) is 5.05. The van der Waals surface area contributed by atoms with Gasteiger partial charge in [-0.05, 0) is 13.8 Å². The molecule has 0 bridgehead atoms. The lowest BCUT2D eigenvalue weighted by Gasteiger charge is -2.21. The number of aryl methyl sites for hydroxylation is 1. The number of hydrogen-bond donors (Lipinski definition) is 3. The molecule has 3 N–H and O–H groups in total. The first-order valence-corrected chi connectivity index (χ1v) is 5.93. The number of carboxylic acid groups (broad SMARTS) is 1. The number of carbonyl (C=O) groups is 1. The van der Waals surface area contributed by atoms with E-state index in [4.69, 9.17) is 20.2 Å². The van der Waals surface area contributed by atoms with Crippen LogP contribution in [0.15, 0.2) is 10.5 Å². The van der Waals surface area contributed by atoms with E-state index in [0.717, 1.165) is 0 Å². The molecule has 0 amide bonds. The van der Waals surface area contributed by atoms with E-state index in [1.807, 2.05) is 0 Å². The summed E-state index contributed by atoms with van der Waals surface area (Å²) in [5, 5.41) is 32.7. The first-order chi connectivity index (χ1) is 8.41. The second-order valence-electron chi connectivity index (χ2n) is 3.85. The number of nitrogens with zero attached hydrogens (tertiary/aromatic N) is 2. The number of rotatable bonds is 6. The van der Waals surface area contributed by atoms with E-state index in [1.54, 1.807) is 12.3 Å². The van der Waals surface area contributed by atoms with Crippen LogP contribution < -0.4 is 0 Å². The molecular weight excluding hydrogens is 260 g/mol. The van der Waals surface area contributed by atoms with Gasteiger partial charge in [0.1, 0.15) is 5.69 Å². The van der Waals surface area contributed by atoms with Crippen molar-refractivity contribution < 1.29 is 25.0 Å². The molecule has 0 aromatic carbocycles. The number of oxime groups is 1. The summed E-state index contributed by atoms with van der Waals surface area (Å²) in [5.74, 6) is -1.29. The number of aliphatic hydroxyl groups excluding tert-OH is 2. The quantitative estimate of drug-likeness (QED) is 0.497. The Morgan fingerprint density at radius 3 is 2.56 bits per heavy atom. The Bertz CT molecular complexity index is 453. The highest BCUT2D eigenvalue weighted by Gasteiger charge is 2.26. The molecule has 0 unspecified atom stereocenters. The van der Waals surface area contributed by atoms with Crippen LogP contribution in [0.3, 0.4) is 0 Å². The van der Waals surface area contributed by atoms with Crippen molar-refractivity contribution in [2.75, 3.05) is 13.2 Å². The highest BCUT2D eigenvalue weighted by Crippen LogP contribution is 2.13. The van der Waals surface area contributed by atoms with Crippen LogP contribution in [0.4, 0.5) is 0 Å². The first kappa shape index (κ1) is 14.6. The van der Waals surface area contributed by atoms with Crippen LogP contribution in [-0.4, -0.2) is 50.8 Å². The second kappa shape index (κ2) is 5.89. The van der Waals surface area contributed by atoms with E-state index in [2.05, 4.69) is 10.1 Å². The molecule has 1 rings (SSSR count). The van der Waals surface area contributed by atoms with Crippen molar-refractivity contribution in [1.82, 2.24) is 4.98 Å². The zero-order chi connectivity index (χ0) is 13.8. The van der Waals surface area contributed by atoms with Crippen LogP contribution in [0.25, 0.3) is 0 Å². The van der Waals surface area contributed by atoms with Gasteiger partial charge < -0.3 is 20.2 Å². The molecule has 1 aromatic heterocycles. The van der Waals surface area contributed by atoms with Gasteiger partial charge in [-0.1, -0.05) is 5.16 Å². The van der Waals surface area contributed by atoms with E-state index in [0.29, 0.717) is 5.01 Å². The highest BCUT2D eigenvalue weighted by molar-refractivity contribution is 7.09. The average Bonchev–Trinajstić information content (AvgIpc) is 2.75. The summed E-state index contributed by atoms with van der Waals surface area (Å²) >= 11 is 1.29. The number of aliphatic carboxylic acids is 1. The maximum absolute atomic E-state index is 11.0. The number of thiazole rings is 1. The molecule has 0 aliphatic carbocycles. The Balaban J connectivity index is 2.96. The van der Waals surface area contributed by atoms with Crippen molar-refractivity contribution in [3.05, 3.63) is 16.1 Å². The van der Waals surface area contributed by atoms with Crippen LogP contribution in [0.1, 0.15) is 17.6 Å². The summed E-state index contributed by atoms with van der Waals surface area (Å²) in [6.45, 7) is 2.16. The summed E-state index contributed by atoms with van der Waals surface area (Å²) in [7, 11) is 0. The van der Waals surface area contributed by atoms with Crippen LogP contribution in [0, 0.1) is 6.92 Å². The van der Waals surface area contributed by atoms with Crippen LogP contribution >= 0.6 is 11.3 Å². The topological polar surface area (TPSA) is 112 Å². The molecule has 0 atom stereocenters. The lowest BCUT2D eigenvalue weighted by atomic mass is 10.1. The van der Waals surface area contributed by atoms with Gasteiger partial charge in [0.15, 0.2) is 5.60 Å². The van der Waals surface area contributed by atoms with Gasteiger partial charge in [0.05, 0.1) is 18.2 Å². The molecule has 0 fully saturated rings. The predicted octanol–water partition coefficient (Wildman–Crippen LogP) is 0.000120. The molecule has 0 radical (unpaired) electrons. The zero-order valence-electron chi connectivity index (χ0n) is 9.95. The van der Waals surface area contributed by atoms with Crippen LogP contribution in [-0.2, 0) is 9.63 Å². The highest BCUT2D eigenvalue weighted by atomic mass is 32.1. The summed E-state index contributed by atoms with van der Waals surface area (Å²) in [5.41, 5.74) is -1.51. The number of aliphatic hydroxyl groups is 2. The van der Waals surface area contributed by atoms with Crippen molar-refractivity contribution in [2.45, 2.75) is 19.4 Å². The smallest absolute Gasteiger partial charge is 0.360 e. The van der Waals surface area contributed by atoms with Crippen molar-refractivity contribution in [3.8, 4) is 0 Å². The fourth-order valence-corrected chi connectivity index (χ4v) is 1.53. The molecule has 18 heavy (non-hydrogen) atoms. The minimum absolute atomic E-state index is 0.184. The largest absolute Gasteiger partial charge is 0.476 e. The minimum atomic E-state index is -1.33. The van der Waals surface area contributed by atoms with Gasteiger partial charge in [0.2, 0.25) is 5.71 Å². The Morgan fingerprint density at radius 1 is 1.56 bits per heavy atom. The molecule has 1 heterocycles. The van der Waals surface area contributed by atoms with E-state index < -0.39 is 24.8 Å². The molecule has 0 saturated carbocycles. The second-order valence-corrected chi connectivity index (χ2v) is 4.92. The van der Waals surface area contributed by atoms with Crippen LogP contribution in [0.2, 0.25) is 0 Å². The van der Waals surface area contributed by atoms with E-state index in [9.17, 15) is 4.79 Å². The van der Waals surface area contributed by atoms with Gasteiger partial charge in [-0.3, -0.25) is 0 Å². The van der Waals surface area contributed by atoms with E-state index in [-0.39, 0.29) is 11.4 Å². The maximum atomic E-state index is 11.0. The molecule has 8 heteroatoms. The van der Waals surface area contributed by atoms with Gasteiger partial charge in [-0.2, -0.15) is 0 Å². The summed E-state index contributed by atoms with van der Waals surface area (Å²) in [6.07, 6.45) is 0. The average molecular weight is 274 g/mol. The van der Waals surface area contributed by atoms with Crippen molar-refractivity contribution in [2.24, 2.45) is 5.16 Å². The third-order valence-corrected chi connectivity index (χ3v) is 2.86. The summed E-state index contributed by atoms with van der Waals surface area (Å²) in [4.78, 5) is 19.9. The lowest BCUT2D eigenvalue weighted by Crippen LogP contribution is -2.36. The SMILES string of the molecule is Cc1nc(/C(=N/OC(C)(CO)CO)C(=O)O)cs1. The lowest BCUT2D eigenvalue weighted by molar-refractivity contribution is -0.130. The minimum Gasteiger partial charge on any atom is -0.476 e. The van der Waals surface area contributed by atoms with Crippen LogP contribution in [0.5, 0.6) is 0 Å². The van der Waals surface area contributed by atoms with Gasteiger partial charge in [-0.25, -0.2) is 9.78 Å². The van der Waals surface area contributed by atoms with Gasteiger partial charge in [0.25, 0.3) is 0 Å². The summed E-state index contributed by atoms with van der Waals surface area (Å²) < 4.78 is 0. The van der Waals surface area contributed by atoms with Gasteiger partial charge in [-0.15, -0.1) is 11.3 Å². The van der Waals surface area contributed by atoms with Crippen molar-refractivity contribution in [1.29, 1.82) is 0 Å². The van der Waals surface area contributed by atoms with E-state index >= 15 is 0 Å². The molecule has 7 nitrogen and oxygen atoms in total. The Hall–Kier alpha value is -1.51. The monoisotopic (exact) mass is 274 g/mol. The third-order valence-electron chi connectivity index (χ3n) is 2.09. The predicted molar refractivity (Wildman–Crippen MR) is 64.7 cm³/mol. The molecule has 0 aliphatic rings. The Morgan fingerprint density at radius 2 is 2.17 bits per heavy atom. The van der Waals surface area contributed by atoms with Crippen molar-refractivity contribution in [3.63, 3.8) is 0 Å². The Labute approximate surface area is 107 Å². The maximum Gasteiger partial charge on any atom is 0.360 e. The molecule has 0 spiro atoms. The van der Waals surface area contributed by atoms with Crippen molar-refractivity contribution >= 4 is 23.0 Å². The number of hydrogen-bond acceptors (Lipinski definition) is 7. The molecule has 0 aliphatic heterocycles. The summed E-state index contributed by atoms with van der Waals surface area (Å²) in [6, 6.07) is 0. The standard InChI is InChI=1S/C10H14N2O5S/c1-6-11-7(3-18-6)8(9(15)16)12-17-10(2,4-13)5-14/h3,13-14H,4-5H2,1-2H3,(H,15,16)/b12-8-. The Kier molecular flexibility index (Phi) is 4.76. The van der Waals surface area contributed by atoms with Gasteiger partial charge >= 0.3 is 5.97 Å². The number of carboxylic acids is 1. The normalized spacial score (nSPS) is 12.6. The molecule has 0 saturated heterocycles.